The second kappa shape index (κ2) is 3.15. The Morgan fingerprint density at radius 2 is 1.82 bits per heavy atom. The Balaban J connectivity index is 2.15. The normalized spacial score (nSPS) is 49.2. The number of fused-ring (bicyclic) bond motifs is 2. The van der Waals surface area contributed by atoms with Gasteiger partial charge in [0.2, 0.25) is 0 Å². The highest BCUT2D eigenvalue weighted by molar-refractivity contribution is 9.11. The monoisotopic (exact) mass is 342 g/mol. The van der Waals surface area contributed by atoms with Crippen LogP contribution < -0.4 is 0 Å². The summed E-state index contributed by atoms with van der Waals surface area (Å²) < 4.78 is 1.39. The molecule has 0 aromatic rings. The molecule has 1 fully saturated rings. The summed E-state index contributed by atoms with van der Waals surface area (Å²) in [6.45, 7) is 0. The molecule has 11 heavy (non-hydrogen) atoms. The van der Waals surface area contributed by atoms with Gasteiger partial charge in [-0.15, -0.1) is 0 Å². The summed E-state index contributed by atoms with van der Waals surface area (Å²) in [5.41, 5.74) is 0. The molecule has 2 unspecified atom stereocenters. The highest BCUT2D eigenvalue weighted by atomic mass is 79.9. The molecule has 3 heteroatoms. The average molecular weight is 345 g/mol. The summed E-state index contributed by atoms with van der Waals surface area (Å²) in [5.74, 6) is 1.61. The molecule has 0 heterocycles. The van der Waals surface area contributed by atoms with Gasteiger partial charge in [0.1, 0.15) is 0 Å². The molecule has 2 bridgehead atoms. The lowest BCUT2D eigenvalue weighted by molar-refractivity contribution is 0.247. The molecule has 3 rings (SSSR count). The Morgan fingerprint density at radius 1 is 1.18 bits per heavy atom. The van der Waals surface area contributed by atoms with E-state index in [0.717, 1.165) is 21.5 Å². The second-order valence-corrected chi connectivity index (χ2v) is 6.44. The Hall–Kier alpha value is 1.18. The molecule has 0 saturated heterocycles. The molecule has 0 N–H and O–H groups in total. The van der Waals surface area contributed by atoms with Gasteiger partial charge in [-0.3, -0.25) is 0 Å². The highest BCUT2D eigenvalue weighted by Gasteiger charge is 2.48. The maximum atomic E-state index is 3.74. The lowest BCUT2D eigenvalue weighted by Gasteiger charge is -2.45. The molecule has 62 valence electrons. The first kappa shape index (κ1) is 8.76. The summed E-state index contributed by atoms with van der Waals surface area (Å²) in [6.07, 6.45) is 4.73. The fourth-order valence-electron chi connectivity index (χ4n) is 1.90. The van der Waals surface area contributed by atoms with Gasteiger partial charge in [-0.05, 0) is 29.2 Å². The molecule has 0 amide bonds. The predicted molar refractivity (Wildman–Crippen MR) is 58.7 cm³/mol. The molecular weight excluding hydrogens is 336 g/mol. The number of alkyl halides is 2. The van der Waals surface area contributed by atoms with Crippen molar-refractivity contribution >= 4 is 47.8 Å². The quantitative estimate of drug-likeness (QED) is 0.586. The lowest BCUT2D eigenvalue weighted by Crippen LogP contribution is -2.47. The van der Waals surface area contributed by atoms with E-state index < -0.39 is 0 Å². The zero-order valence-electron chi connectivity index (χ0n) is 5.93. The van der Waals surface area contributed by atoms with Crippen LogP contribution in [0.15, 0.2) is 10.6 Å². The van der Waals surface area contributed by atoms with Crippen molar-refractivity contribution in [2.75, 3.05) is 0 Å². The molecule has 0 spiro atoms. The third kappa shape index (κ3) is 1.37. The van der Waals surface area contributed by atoms with Crippen molar-refractivity contribution in [3.05, 3.63) is 10.6 Å². The maximum Gasteiger partial charge on any atom is 0.0230 e. The van der Waals surface area contributed by atoms with Crippen LogP contribution in [0.4, 0.5) is 0 Å². The SMILES string of the molecule is BrC1=CCC2C(Br)C(C1)C2Br. The van der Waals surface area contributed by atoms with Crippen LogP contribution in [0.2, 0.25) is 0 Å². The third-order valence-corrected chi connectivity index (χ3v) is 6.04. The fourth-order valence-corrected chi connectivity index (χ4v) is 5.40. The van der Waals surface area contributed by atoms with Crippen molar-refractivity contribution < 1.29 is 0 Å². The molecule has 0 aromatic carbocycles. The Morgan fingerprint density at radius 3 is 2.45 bits per heavy atom. The van der Waals surface area contributed by atoms with Gasteiger partial charge < -0.3 is 0 Å². The van der Waals surface area contributed by atoms with E-state index in [0.29, 0.717) is 0 Å². The minimum Gasteiger partial charge on any atom is -0.0884 e. The fraction of sp³-hybridized carbons (Fsp3) is 0.750. The minimum atomic E-state index is 0.734. The van der Waals surface area contributed by atoms with E-state index in [1.165, 1.54) is 17.3 Å². The van der Waals surface area contributed by atoms with Crippen LogP contribution in [0.3, 0.4) is 0 Å². The number of hydrogen-bond acceptors (Lipinski definition) is 0. The van der Waals surface area contributed by atoms with Crippen molar-refractivity contribution in [1.29, 1.82) is 0 Å². The maximum absolute atomic E-state index is 3.74. The van der Waals surface area contributed by atoms with Gasteiger partial charge in [0, 0.05) is 9.65 Å². The van der Waals surface area contributed by atoms with Crippen LogP contribution in [0, 0.1) is 11.8 Å². The van der Waals surface area contributed by atoms with Gasteiger partial charge in [0.15, 0.2) is 0 Å². The topological polar surface area (TPSA) is 0 Å². The zero-order chi connectivity index (χ0) is 8.01. The van der Waals surface area contributed by atoms with E-state index in [1.807, 2.05) is 0 Å². The van der Waals surface area contributed by atoms with Crippen molar-refractivity contribution in [3.8, 4) is 0 Å². The molecule has 0 aliphatic heterocycles. The highest BCUT2D eigenvalue weighted by Crippen LogP contribution is 2.52. The Labute approximate surface area is 92.2 Å². The average Bonchev–Trinajstić information content (AvgIpc) is 2.21. The van der Waals surface area contributed by atoms with Crippen molar-refractivity contribution in [2.45, 2.75) is 22.5 Å². The van der Waals surface area contributed by atoms with E-state index in [1.54, 1.807) is 0 Å². The first-order valence-corrected chi connectivity index (χ1v) is 6.45. The van der Waals surface area contributed by atoms with Gasteiger partial charge in [-0.1, -0.05) is 53.9 Å². The van der Waals surface area contributed by atoms with E-state index in [9.17, 15) is 0 Å². The molecular formula is C8H9Br3. The van der Waals surface area contributed by atoms with Crippen LogP contribution >= 0.6 is 47.8 Å². The largest absolute Gasteiger partial charge is 0.0884 e. The van der Waals surface area contributed by atoms with E-state index >= 15 is 0 Å². The lowest BCUT2D eigenvalue weighted by atomic mass is 9.73. The van der Waals surface area contributed by atoms with Crippen LogP contribution in [0.5, 0.6) is 0 Å². The van der Waals surface area contributed by atoms with Gasteiger partial charge in [-0.2, -0.15) is 0 Å². The van der Waals surface area contributed by atoms with Crippen molar-refractivity contribution in [3.63, 3.8) is 0 Å². The van der Waals surface area contributed by atoms with E-state index in [-0.39, 0.29) is 0 Å². The summed E-state index contributed by atoms with van der Waals surface area (Å²) in [4.78, 5) is 1.47. The number of hydrogen-bond donors (Lipinski definition) is 0. The van der Waals surface area contributed by atoms with Crippen molar-refractivity contribution in [1.82, 2.24) is 0 Å². The third-order valence-electron chi connectivity index (χ3n) is 2.68. The number of allylic oxidation sites excluding steroid dienone is 2. The summed E-state index contributed by atoms with van der Waals surface area (Å²) in [6, 6.07) is 0. The van der Waals surface area contributed by atoms with Gasteiger partial charge in [0.05, 0.1) is 0 Å². The standard InChI is InChI=1S/C8H9Br3/c9-4-1-2-5-7(10)6(3-4)8(5)11/h1,5-8H,2-3H2. The molecule has 2 atom stereocenters. The summed E-state index contributed by atoms with van der Waals surface area (Å²) in [7, 11) is 0. The van der Waals surface area contributed by atoms with Gasteiger partial charge in [-0.25, -0.2) is 0 Å². The first-order chi connectivity index (χ1) is 5.20. The smallest absolute Gasteiger partial charge is 0.0230 e. The van der Waals surface area contributed by atoms with Crippen LogP contribution in [0.1, 0.15) is 12.8 Å². The number of halogens is 3. The van der Waals surface area contributed by atoms with Crippen LogP contribution in [-0.2, 0) is 0 Å². The molecule has 3 aliphatic carbocycles. The first-order valence-electron chi connectivity index (χ1n) is 3.83. The second-order valence-electron chi connectivity index (χ2n) is 3.31. The molecule has 1 saturated carbocycles. The van der Waals surface area contributed by atoms with E-state index in [2.05, 4.69) is 53.9 Å². The predicted octanol–water partition coefficient (Wildman–Crippen LogP) is 3.83. The molecule has 3 aliphatic rings. The molecule has 0 nitrogen and oxygen atoms in total. The van der Waals surface area contributed by atoms with E-state index in [4.69, 9.17) is 0 Å². The summed E-state index contributed by atoms with van der Waals surface area (Å²) >= 11 is 11.1. The minimum absolute atomic E-state index is 0.734. The molecule has 0 aromatic heterocycles. The summed E-state index contributed by atoms with van der Waals surface area (Å²) in [5, 5.41) is 0. The Bertz CT molecular complexity index is 190. The van der Waals surface area contributed by atoms with Gasteiger partial charge in [0.25, 0.3) is 0 Å². The zero-order valence-corrected chi connectivity index (χ0v) is 10.7. The van der Waals surface area contributed by atoms with Gasteiger partial charge >= 0.3 is 0 Å². The Kier molecular flexibility index (Phi) is 2.51. The van der Waals surface area contributed by atoms with Crippen molar-refractivity contribution in [2.24, 2.45) is 11.8 Å². The number of rotatable bonds is 0. The van der Waals surface area contributed by atoms with Crippen LogP contribution in [-0.4, -0.2) is 9.65 Å². The van der Waals surface area contributed by atoms with Crippen LogP contribution in [0.25, 0.3) is 0 Å². The molecule has 0 radical (unpaired) electrons.